The van der Waals surface area contributed by atoms with Gasteiger partial charge in [-0.25, -0.2) is 18.2 Å². The normalized spacial score (nSPS) is 15.9. The number of ether oxygens (including phenoxy) is 1. The number of aromatic nitrogens is 1. The summed E-state index contributed by atoms with van der Waals surface area (Å²) in [5.74, 6) is -3.36. The van der Waals surface area contributed by atoms with E-state index in [4.69, 9.17) is 4.74 Å². The lowest BCUT2D eigenvalue weighted by atomic mass is 9.73. The molecule has 13 heteroatoms. The van der Waals surface area contributed by atoms with Crippen LogP contribution >= 0.6 is 11.3 Å². The fourth-order valence-corrected chi connectivity index (χ4v) is 8.48. The number of para-hydroxylation sites is 1. The number of halogens is 3. The molecule has 0 atom stereocenters. The molecule has 2 fully saturated rings. The molecule has 0 unspecified atom stereocenters. The molecule has 53 heavy (non-hydrogen) atoms. The van der Waals surface area contributed by atoms with Gasteiger partial charge in [0.1, 0.15) is 22.3 Å². The number of thiophene rings is 1. The standard InChI is InChI=1S/C40H34F3N5O4S/c1-23-18-29(36(44-20-23)47-21-40(22-47)13-16-52-17-14-40)37(49)45-26-9-6-24(7-10-26)39(51)48-15-12-28-33(43)35(53-34(28)27-4-2-3-5-32(27)48)38(50)46-31-11-8-25(41)19-30(31)42/h2-11,18-20H,12-17,21-22H2,1H3,(H,45,49)(H,46,50). The van der Waals surface area contributed by atoms with Crippen molar-refractivity contribution >= 4 is 51.9 Å². The van der Waals surface area contributed by atoms with E-state index in [1.54, 1.807) is 59.6 Å². The molecule has 8 rings (SSSR count). The average Bonchev–Trinajstić information content (AvgIpc) is 3.38. The molecule has 0 aliphatic carbocycles. The van der Waals surface area contributed by atoms with Crippen molar-refractivity contribution in [2.75, 3.05) is 53.3 Å². The van der Waals surface area contributed by atoms with E-state index in [9.17, 15) is 23.2 Å². The molecule has 3 amide bonds. The monoisotopic (exact) mass is 737 g/mol. The molecule has 2 saturated heterocycles. The van der Waals surface area contributed by atoms with Crippen LogP contribution in [-0.2, 0) is 11.2 Å². The maximum absolute atomic E-state index is 15.9. The maximum Gasteiger partial charge on any atom is 0.268 e. The van der Waals surface area contributed by atoms with Gasteiger partial charge in [0.15, 0.2) is 5.82 Å². The van der Waals surface area contributed by atoms with Gasteiger partial charge in [0.05, 0.1) is 16.9 Å². The summed E-state index contributed by atoms with van der Waals surface area (Å²) in [6, 6.07) is 18.2. The van der Waals surface area contributed by atoms with E-state index in [0.717, 1.165) is 68.2 Å². The summed E-state index contributed by atoms with van der Waals surface area (Å²) in [5.41, 5.74) is 3.55. The van der Waals surface area contributed by atoms with E-state index in [2.05, 4.69) is 20.5 Å². The van der Waals surface area contributed by atoms with Gasteiger partial charge in [-0.15, -0.1) is 11.3 Å². The number of hydrogen-bond donors (Lipinski definition) is 2. The maximum atomic E-state index is 15.9. The zero-order valence-corrected chi connectivity index (χ0v) is 29.5. The number of carbonyl (C=O) groups excluding carboxylic acids is 3. The molecule has 270 valence electrons. The number of rotatable bonds is 6. The summed E-state index contributed by atoms with van der Waals surface area (Å²) in [5, 5.41) is 5.29. The van der Waals surface area contributed by atoms with Crippen molar-refractivity contribution in [1.29, 1.82) is 0 Å². The van der Waals surface area contributed by atoms with Crippen LogP contribution in [-0.4, -0.2) is 55.6 Å². The molecule has 9 nitrogen and oxygen atoms in total. The summed E-state index contributed by atoms with van der Waals surface area (Å²) >= 11 is 0.910. The first kappa shape index (κ1) is 34.6. The van der Waals surface area contributed by atoms with Crippen molar-refractivity contribution in [3.05, 3.63) is 124 Å². The number of benzene rings is 3. The highest BCUT2D eigenvalue weighted by Crippen LogP contribution is 2.44. The second-order valence-corrected chi connectivity index (χ2v) is 14.8. The van der Waals surface area contributed by atoms with Crippen LogP contribution in [0.25, 0.3) is 10.4 Å². The lowest BCUT2D eigenvalue weighted by molar-refractivity contribution is -0.000511. The number of nitrogens with zero attached hydrogens (tertiary/aromatic N) is 3. The first-order valence-electron chi connectivity index (χ1n) is 17.3. The molecule has 5 aromatic rings. The largest absolute Gasteiger partial charge is 0.381 e. The molecule has 2 aromatic heterocycles. The summed E-state index contributed by atoms with van der Waals surface area (Å²) in [6.07, 6.45) is 3.88. The molecule has 3 aromatic carbocycles. The second-order valence-electron chi connectivity index (χ2n) is 13.7. The molecular formula is C40H34F3N5O4S. The Morgan fingerprint density at radius 2 is 1.66 bits per heavy atom. The highest BCUT2D eigenvalue weighted by Gasteiger charge is 2.45. The van der Waals surface area contributed by atoms with Gasteiger partial charge in [0.25, 0.3) is 17.7 Å². The Morgan fingerprint density at radius 3 is 2.42 bits per heavy atom. The zero-order chi connectivity index (χ0) is 36.9. The van der Waals surface area contributed by atoms with E-state index in [-0.39, 0.29) is 46.3 Å². The lowest BCUT2D eigenvalue weighted by Gasteiger charge is -2.53. The predicted molar refractivity (Wildman–Crippen MR) is 197 cm³/mol. The highest BCUT2D eigenvalue weighted by molar-refractivity contribution is 7.17. The number of aryl methyl sites for hydroxylation is 1. The van der Waals surface area contributed by atoms with E-state index in [1.807, 2.05) is 13.0 Å². The quantitative estimate of drug-likeness (QED) is 0.184. The second kappa shape index (κ2) is 13.8. The van der Waals surface area contributed by atoms with E-state index in [0.29, 0.717) is 44.8 Å². The van der Waals surface area contributed by atoms with E-state index < -0.39 is 23.4 Å². The summed E-state index contributed by atoms with van der Waals surface area (Å²) in [6.45, 7) is 5.19. The molecule has 3 aliphatic rings. The Kier molecular flexibility index (Phi) is 8.99. The minimum Gasteiger partial charge on any atom is -0.381 e. The SMILES string of the molecule is Cc1cnc(N2CC3(CCOCC3)C2)c(C(=O)Nc2ccc(C(=O)N3CCc4c(sc(C(=O)Nc5ccc(F)cc5F)c4F)-c4ccccc43)cc2)c1. The Balaban J connectivity index is 0.987. The van der Waals surface area contributed by atoms with Crippen LogP contribution in [0, 0.1) is 29.8 Å². The van der Waals surface area contributed by atoms with Gasteiger partial charge in [-0.2, -0.15) is 0 Å². The third kappa shape index (κ3) is 6.55. The highest BCUT2D eigenvalue weighted by atomic mass is 32.1. The Bertz CT molecular complexity index is 2260. The van der Waals surface area contributed by atoms with Crippen LogP contribution in [0.2, 0.25) is 0 Å². The number of pyridine rings is 1. The molecule has 0 bridgehead atoms. The first-order valence-corrected chi connectivity index (χ1v) is 18.1. The van der Waals surface area contributed by atoms with Crippen LogP contribution in [0.5, 0.6) is 0 Å². The smallest absolute Gasteiger partial charge is 0.268 e. The Labute approximate surface area is 307 Å². The lowest BCUT2D eigenvalue weighted by Crippen LogP contribution is -2.59. The molecule has 1 spiro atoms. The summed E-state index contributed by atoms with van der Waals surface area (Å²) in [4.78, 5) is 49.2. The predicted octanol–water partition coefficient (Wildman–Crippen LogP) is 7.86. The number of nitrogens with one attached hydrogen (secondary N) is 2. The van der Waals surface area contributed by atoms with Gasteiger partial charge in [-0.3, -0.25) is 14.4 Å². The first-order chi connectivity index (χ1) is 25.6. The minimum atomic E-state index is -0.977. The fourth-order valence-electron chi connectivity index (χ4n) is 7.32. The van der Waals surface area contributed by atoms with Crippen molar-refractivity contribution in [1.82, 2.24) is 4.98 Å². The van der Waals surface area contributed by atoms with Crippen LogP contribution in [0.15, 0.2) is 79.0 Å². The zero-order valence-electron chi connectivity index (χ0n) is 28.7. The topological polar surface area (TPSA) is 104 Å². The van der Waals surface area contributed by atoms with E-state index in [1.165, 1.54) is 0 Å². The van der Waals surface area contributed by atoms with Crippen molar-refractivity contribution in [3.8, 4) is 10.4 Å². The van der Waals surface area contributed by atoms with Gasteiger partial charge in [-0.05, 0) is 80.3 Å². The Morgan fingerprint density at radius 1 is 0.906 bits per heavy atom. The molecular weight excluding hydrogens is 704 g/mol. The number of fused-ring (bicyclic) bond motifs is 3. The van der Waals surface area contributed by atoms with Crippen molar-refractivity contribution in [3.63, 3.8) is 0 Å². The summed E-state index contributed by atoms with van der Waals surface area (Å²) < 4.78 is 49.0. The number of amides is 3. The van der Waals surface area contributed by atoms with Crippen LogP contribution < -0.4 is 20.4 Å². The number of anilines is 4. The van der Waals surface area contributed by atoms with Crippen molar-refractivity contribution in [2.24, 2.45) is 5.41 Å². The molecule has 2 N–H and O–H groups in total. The molecule has 5 heterocycles. The van der Waals surface area contributed by atoms with Gasteiger partial charge < -0.3 is 25.2 Å². The minimum absolute atomic E-state index is 0.114. The van der Waals surface area contributed by atoms with Gasteiger partial charge in [-0.1, -0.05) is 18.2 Å². The van der Waals surface area contributed by atoms with Crippen molar-refractivity contribution < 1.29 is 32.3 Å². The average molecular weight is 738 g/mol. The van der Waals surface area contributed by atoms with Crippen molar-refractivity contribution in [2.45, 2.75) is 26.2 Å². The van der Waals surface area contributed by atoms with Gasteiger partial charge >= 0.3 is 0 Å². The van der Waals surface area contributed by atoms with Gasteiger partial charge in [0.2, 0.25) is 0 Å². The third-order valence-corrected chi connectivity index (χ3v) is 11.4. The number of hydrogen-bond acceptors (Lipinski definition) is 7. The third-order valence-electron chi connectivity index (χ3n) is 10.1. The number of carbonyl (C=O) groups is 3. The summed E-state index contributed by atoms with van der Waals surface area (Å²) in [7, 11) is 0. The molecule has 0 radical (unpaired) electrons. The Hall–Kier alpha value is -5.53. The van der Waals surface area contributed by atoms with Crippen LogP contribution in [0.4, 0.5) is 36.1 Å². The molecule has 0 saturated carbocycles. The van der Waals surface area contributed by atoms with Crippen LogP contribution in [0.1, 0.15) is 54.4 Å². The molecule has 3 aliphatic heterocycles. The fraction of sp³-hybridized carbons (Fsp3) is 0.250. The van der Waals surface area contributed by atoms with Gasteiger partial charge in [0, 0.05) is 77.8 Å². The van der Waals surface area contributed by atoms with E-state index >= 15 is 4.39 Å². The van der Waals surface area contributed by atoms with Crippen LogP contribution in [0.3, 0.4) is 0 Å².